The molecule has 1 aliphatic heterocycles. The lowest BCUT2D eigenvalue weighted by Crippen LogP contribution is -2.38. The Morgan fingerprint density at radius 3 is 2.92 bits per heavy atom. The van der Waals surface area contributed by atoms with Crippen molar-refractivity contribution in [2.24, 2.45) is 0 Å². The number of morpholine rings is 1. The van der Waals surface area contributed by atoms with E-state index in [-0.39, 0.29) is 6.10 Å². The molecule has 3 heterocycles. The summed E-state index contributed by atoms with van der Waals surface area (Å²) in [5.74, 6) is 1.84. The fraction of sp³-hybridized carbons (Fsp3) is 0.263. The van der Waals surface area contributed by atoms with E-state index in [1.807, 2.05) is 18.5 Å². The van der Waals surface area contributed by atoms with E-state index in [0.29, 0.717) is 6.61 Å². The van der Waals surface area contributed by atoms with Crippen LogP contribution in [0.25, 0.3) is 0 Å². The van der Waals surface area contributed by atoms with Crippen molar-refractivity contribution in [1.82, 2.24) is 9.97 Å². The molecular weight excluding hydrogens is 350 g/mol. The van der Waals surface area contributed by atoms with Crippen LogP contribution in [0.4, 0.5) is 5.82 Å². The molecule has 0 amide bonds. The summed E-state index contributed by atoms with van der Waals surface area (Å²) in [7, 11) is 0. The first-order chi connectivity index (χ1) is 12.4. The van der Waals surface area contributed by atoms with E-state index in [1.165, 1.54) is 10.4 Å². The molecule has 1 fully saturated rings. The summed E-state index contributed by atoms with van der Waals surface area (Å²) in [6.45, 7) is 2.39. The van der Waals surface area contributed by atoms with Gasteiger partial charge in [-0.05, 0) is 17.0 Å². The van der Waals surface area contributed by atoms with Gasteiger partial charge in [0.2, 0.25) is 0 Å². The maximum absolute atomic E-state index is 5.92. The van der Waals surface area contributed by atoms with Crippen molar-refractivity contribution in [3.63, 3.8) is 0 Å². The monoisotopic (exact) mass is 369 g/mol. The van der Waals surface area contributed by atoms with Gasteiger partial charge in [-0.2, -0.15) is 0 Å². The fourth-order valence-corrected chi connectivity index (χ4v) is 4.36. The summed E-state index contributed by atoms with van der Waals surface area (Å²) in [5, 5.41) is 3.05. The van der Waals surface area contributed by atoms with E-state index in [9.17, 15) is 0 Å². The molecule has 1 saturated heterocycles. The van der Waals surface area contributed by atoms with Gasteiger partial charge in [0.05, 0.1) is 25.5 Å². The quantitative estimate of drug-likeness (QED) is 0.623. The summed E-state index contributed by atoms with van der Waals surface area (Å²) < 4.78 is 5.92. The zero-order valence-electron chi connectivity index (χ0n) is 13.7. The second-order valence-electron chi connectivity index (χ2n) is 5.81. The molecule has 25 heavy (non-hydrogen) atoms. The molecule has 1 aliphatic rings. The SMILES string of the molecule is c1ccc(CSc2cncc(N3CCOC(c4cccs4)C3)n2)cc1. The van der Waals surface area contributed by atoms with Gasteiger partial charge in [0.15, 0.2) is 0 Å². The topological polar surface area (TPSA) is 38.2 Å². The van der Waals surface area contributed by atoms with Crippen LogP contribution in [0.2, 0.25) is 0 Å². The Labute approximate surface area is 155 Å². The normalized spacial score (nSPS) is 17.6. The summed E-state index contributed by atoms with van der Waals surface area (Å²) in [6, 6.07) is 14.7. The highest BCUT2D eigenvalue weighted by molar-refractivity contribution is 7.98. The van der Waals surface area contributed by atoms with Crippen LogP contribution in [0.5, 0.6) is 0 Å². The largest absolute Gasteiger partial charge is 0.369 e. The highest BCUT2D eigenvalue weighted by Crippen LogP contribution is 2.29. The third-order valence-electron chi connectivity index (χ3n) is 4.08. The van der Waals surface area contributed by atoms with Crippen molar-refractivity contribution in [3.05, 3.63) is 70.7 Å². The molecule has 6 heteroatoms. The number of nitrogens with zero attached hydrogens (tertiary/aromatic N) is 3. The molecule has 1 aromatic carbocycles. The number of benzene rings is 1. The Balaban J connectivity index is 1.43. The minimum Gasteiger partial charge on any atom is -0.369 e. The number of aromatic nitrogens is 2. The molecule has 0 aliphatic carbocycles. The number of rotatable bonds is 5. The predicted octanol–water partition coefficient (Wildman–Crippen LogP) is 4.41. The minimum absolute atomic E-state index is 0.121. The smallest absolute Gasteiger partial charge is 0.148 e. The Hall–Kier alpha value is -1.89. The molecule has 0 bridgehead atoms. The van der Waals surface area contributed by atoms with Crippen LogP contribution >= 0.6 is 23.1 Å². The summed E-state index contributed by atoms with van der Waals surface area (Å²) in [4.78, 5) is 12.7. The third kappa shape index (κ3) is 4.21. The van der Waals surface area contributed by atoms with Crippen molar-refractivity contribution >= 4 is 28.9 Å². The van der Waals surface area contributed by atoms with Gasteiger partial charge in [0.25, 0.3) is 0 Å². The van der Waals surface area contributed by atoms with Crippen molar-refractivity contribution in [2.75, 3.05) is 24.6 Å². The molecule has 0 spiro atoms. The number of anilines is 1. The zero-order chi connectivity index (χ0) is 16.9. The Morgan fingerprint density at radius 1 is 1.16 bits per heavy atom. The number of hydrogen-bond acceptors (Lipinski definition) is 6. The van der Waals surface area contributed by atoms with E-state index >= 15 is 0 Å². The van der Waals surface area contributed by atoms with E-state index in [2.05, 4.69) is 51.7 Å². The lowest BCUT2D eigenvalue weighted by molar-refractivity contribution is 0.0418. The molecule has 3 aromatic rings. The first-order valence-corrected chi connectivity index (χ1v) is 10.1. The van der Waals surface area contributed by atoms with Crippen LogP contribution < -0.4 is 4.90 Å². The number of thiophene rings is 1. The van der Waals surface area contributed by atoms with Gasteiger partial charge in [0, 0.05) is 17.2 Å². The van der Waals surface area contributed by atoms with Crippen molar-refractivity contribution in [1.29, 1.82) is 0 Å². The number of ether oxygens (including phenoxy) is 1. The van der Waals surface area contributed by atoms with Crippen molar-refractivity contribution in [2.45, 2.75) is 16.9 Å². The average molecular weight is 370 g/mol. The molecule has 0 N–H and O–H groups in total. The molecule has 0 saturated carbocycles. The van der Waals surface area contributed by atoms with Crippen LogP contribution in [0.1, 0.15) is 16.5 Å². The average Bonchev–Trinajstić information content (AvgIpc) is 3.22. The molecule has 0 radical (unpaired) electrons. The standard InChI is InChI=1S/C19H19N3OS2/c1-2-5-15(6-3-1)14-25-19-12-20-11-18(21-19)22-8-9-23-16(13-22)17-7-4-10-24-17/h1-7,10-12,16H,8-9,13-14H2. The lowest BCUT2D eigenvalue weighted by Gasteiger charge is -2.33. The van der Waals surface area contributed by atoms with Crippen LogP contribution in [-0.2, 0) is 10.5 Å². The summed E-state index contributed by atoms with van der Waals surface area (Å²) in [6.07, 6.45) is 3.81. The first kappa shape index (κ1) is 16.6. The van der Waals surface area contributed by atoms with Gasteiger partial charge in [-0.25, -0.2) is 4.98 Å². The first-order valence-electron chi connectivity index (χ1n) is 8.27. The third-order valence-corrected chi connectivity index (χ3v) is 6.01. The molecule has 2 aromatic heterocycles. The summed E-state index contributed by atoms with van der Waals surface area (Å²) >= 11 is 3.46. The molecular formula is C19H19N3OS2. The highest BCUT2D eigenvalue weighted by Gasteiger charge is 2.24. The number of hydrogen-bond donors (Lipinski definition) is 0. The number of thioether (sulfide) groups is 1. The Morgan fingerprint density at radius 2 is 2.08 bits per heavy atom. The summed E-state index contributed by atoms with van der Waals surface area (Å²) in [5.41, 5.74) is 1.30. The van der Waals surface area contributed by atoms with E-state index in [0.717, 1.165) is 29.7 Å². The molecule has 1 unspecified atom stereocenters. The second kappa shape index (κ2) is 7.99. The van der Waals surface area contributed by atoms with Gasteiger partial charge in [-0.15, -0.1) is 23.1 Å². The van der Waals surface area contributed by atoms with Gasteiger partial charge in [-0.1, -0.05) is 36.4 Å². The molecule has 128 valence electrons. The predicted molar refractivity (Wildman–Crippen MR) is 103 cm³/mol. The zero-order valence-corrected chi connectivity index (χ0v) is 15.4. The molecule has 4 nitrogen and oxygen atoms in total. The second-order valence-corrected chi connectivity index (χ2v) is 7.79. The van der Waals surface area contributed by atoms with Crippen LogP contribution in [0, 0.1) is 0 Å². The lowest BCUT2D eigenvalue weighted by atomic mass is 10.2. The van der Waals surface area contributed by atoms with Gasteiger partial charge in [-0.3, -0.25) is 4.98 Å². The Bertz CT molecular complexity index is 795. The van der Waals surface area contributed by atoms with Crippen LogP contribution in [0.15, 0.2) is 65.3 Å². The maximum Gasteiger partial charge on any atom is 0.148 e. The van der Waals surface area contributed by atoms with E-state index in [4.69, 9.17) is 9.72 Å². The van der Waals surface area contributed by atoms with E-state index < -0.39 is 0 Å². The van der Waals surface area contributed by atoms with Crippen LogP contribution in [0.3, 0.4) is 0 Å². The minimum atomic E-state index is 0.121. The van der Waals surface area contributed by atoms with Crippen LogP contribution in [-0.4, -0.2) is 29.7 Å². The van der Waals surface area contributed by atoms with Gasteiger partial charge in [0.1, 0.15) is 16.9 Å². The van der Waals surface area contributed by atoms with Crippen molar-refractivity contribution < 1.29 is 4.74 Å². The van der Waals surface area contributed by atoms with E-state index in [1.54, 1.807) is 23.1 Å². The van der Waals surface area contributed by atoms with Gasteiger partial charge < -0.3 is 9.64 Å². The highest BCUT2D eigenvalue weighted by atomic mass is 32.2. The van der Waals surface area contributed by atoms with Crippen molar-refractivity contribution in [3.8, 4) is 0 Å². The molecule has 4 rings (SSSR count). The maximum atomic E-state index is 5.92. The Kier molecular flexibility index (Phi) is 5.30. The fourth-order valence-electron chi connectivity index (χ4n) is 2.80. The van der Waals surface area contributed by atoms with Gasteiger partial charge >= 0.3 is 0 Å². The molecule has 1 atom stereocenters.